The molecule has 1 atom stereocenters. The molecule has 1 unspecified atom stereocenters. The molecule has 0 spiro atoms. The lowest BCUT2D eigenvalue weighted by atomic mass is 10.1. The summed E-state index contributed by atoms with van der Waals surface area (Å²) in [5.41, 5.74) is 1.07. The Balaban J connectivity index is 1.92. The van der Waals surface area contributed by atoms with Gasteiger partial charge >= 0.3 is 0 Å². The number of halogens is 2. The van der Waals surface area contributed by atoms with Crippen LogP contribution in [0, 0.1) is 0 Å². The number of aliphatic hydroxyl groups is 1. The van der Waals surface area contributed by atoms with Crippen LogP contribution in [0.3, 0.4) is 0 Å². The van der Waals surface area contributed by atoms with Crippen molar-refractivity contribution in [2.24, 2.45) is 0 Å². The minimum Gasteiger partial charge on any atom is -0.387 e. The number of carbonyl (C=O) groups excluding carboxylic acids is 1. The first-order valence-electron chi connectivity index (χ1n) is 5.89. The number of benzene rings is 1. The van der Waals surface area contributed by atoms with Crippen LogP contribution in [0.4, 0.5) is 0 Å². The van der Waals surface area contributed by atoms with Crippen molar-refractivity contribution in [2.75, 3.05) is 6.54 Å². The molecule has 0 bridgehead atoms. The highest BCUT2D eigenvalue weighted by molar-refractivity contribution is 6.30. The number of hydrogen-bond acceptors (Lipinski definition) is 3. The molecule has 2 N–H and O–H groups in total. The van der Waals surface area contributed by atoms with Crippen molar-refractivity contribution in [3.05, 3.63) is 63.9 Å². The molecular weight excluding hydrogens is 299 g/mol. The van der Waals surface area contributed by atoms with Gasteiger partial charge in [-0.3, -0.25) is 4.79 Å². The average molecular weight is 311 g/mol. The van der Waals surface area contributed by atoms with Gasteiger partial charge in [-0.2, -0.15) is 0 Å². The molecule has 20 heavy (non-hydrogen) atoms. The van der Waals surface area contributed by atoms with Crippen molar-refractivity contribution in [3.63, 3.8) is 0 Å². The van der Waals surface area contributed by atoms with Crippen molar-refractivity contribution >= 4 is 29.1 Å². The van der Waals surface area contributed by atoms with E-state index in [1.807, 2.05) is 0 Å². The Labute approximate surface area is 126 Å². The van der Waals surface area contributed by atoms with Gasteiger partial charge in [-0.05, 0) is 29.8 Å². The maximum atomic E-state index is 11.8. The molecule has 4 nitrogen and oxygen atoms in total. The monoisotopic (exact) mass is 310 g/mol. The Morgan fingerprint density at radius 3 is 2.50 bits per heavy atom. The fourth-order valence-corrected chi connectivity index (χ4v) is 1.84. The van der Waals surface area contributed by atoms with Crippen LogP contribution in [-0.2, 0) is 0 Å². The Morgan fingerprint density at radius 2 is 1.90 bits per heavy atom. The molecule has 1 amide bonds. The number of carbonyl (C=O) groups is 1. The van der Waals surface area contributed by atoms with Gasteiger partial charge in [0.05, 0.1) is 11.7 Å². The number of nitrogens with zero attached hydrogens (tertiary/aromatic N) is 1. The van der Waals surface area contributed by atoms with Gasteiger partial charge in [-0.1, -0.05) is 35.3 Å². The van der Waals surface area contributed by atoms with E-state index in [1.165, 1.54) is 12.3 Å². The van der Waals surface area contributed by atoms with Crippen LogP contribution in [0.5, 0.6) is 0 Å². The van der Waals surface area contributed by atoms with Gasteiger partial charge in [-0.15, -0.1) is 0 Å². The van der Waals surface area contributed by atoms with Crippen molar-refractivity contribution in [2.45, 2.75) is 6.10 Å². The van der Waals surface area contributed by atoms with Gasteiger partial charge in [0, 0.05) is 17.8 Å². The molecular formula is C14H12Cl2N2O2. The lowest BCUT2D eigenvalue weighted by Crippen LogP contribution is -2.28. The third-order valence-electron chi connectivity index (χ3n) is 2.70. The molecule has 1 aromatic carbocycles. The Morgan fingerprint density at radius 1 is 1.20 bits per heavy atom. The average Bonchev–Trinajstić information content (AvgIpc) is 2.46. The molecule has 0 aliphatic rings. The largest absolute Gasteiger partial charge is 0.387 e. The summed E-state index contributed by atoms with van der Waals surface area (Å²) in [5.74, 6) is -0.317. The molecule has 0 saturated carbocycles. The van der Waals surface area contributed by atoms with Crippen molar-refractivity contribution in [1.29, 1.82) is 0 Å². The zero-order chi connectivity index (χ0) is 14.5. The molecule has 2 aromatic rings. The lowest BCUT2D eigenvalue weighted by molar-refractivity contribution is 0.0916. The number of aromatic nitrogens is 1. The topological polar surface area (TPSA) is 62.2 Å². The van der Waals surface area contributed by atoms with E-state index in [2.05, 4.69) is 10.3 Å². The summed E-state index contributed by atoms with van der Waals surface area (Å²) < 4.78 is 0. The van der Waals surface area contributed by atoms with Crippen LogP contribution in [0.15, 0.2) is 42.6 Å². The van der Waals surface area contributed by atoms with E-state index in [0.29, 0.717) is 21.3 Å². The SMILES string of the molecule is O=C(NCC(O)c1ccc(Cl)cc1)c1ccc(Cl)nc1. The van der Waals surface area contributed by atoms with Crippen LogP contribution >= 0.6 is 23.2 Å². The molecule has 0 aliphatic heterocycles. The lowest BCUT2D eigenvalue weighted by Gasteiger charge is -2.12. The smallest absolute Gasteiger partial charge is 0.252 e. The van der Waals surface area contributed by atoms with Crippen molar-refractivity contribution in [1.82, 2.24) is 10.3 Å². The molecule has 0 fully saturated rings. The first kappa shape index (κ1) is 14.8. The maximum Gasteiger partial charge on any atom is 0.252 e. The van der Waals surface area contributed by atoms with Crippen LogP contribution in [-0.4, -0.2) is 22.5 Å². The van der Waals surface area contributed by atoms with E-state index in [-0.39, 0.29) is 12.5 Å². The third-order valence-corrected chi connectivity index (χ3v) is 3.18. The summed E-state index contributed by atoms with van der Waals surface area (Å²) in [7, 11) is 0. The number of rotatable bonds is 4. The highest BCUT2D eigenvalue weighted by Crippen LogP contribution is 2.15. The highest BCUT2D eigenvalue weighted by Gasteiger charge is 2.11. The van der Waals surface area contributed by atoms with E-state index in [9.17, 15) is 9.90 Å². The molecule has 0 saturated heterocycles. The van der Waals surface area contributed by atoms with E-state index in [4.69, 9.17) is 23.2 Å². The first-order valence-corrected chi connectivity index (χ1v) is 6.65. The van der Waals surface area contributed by atoms with Crippen LogP contribution < -0.4 is 5.32 Å². The van der Waals surface area contributed by atoms with Crippen LogP contribution in [0.1, 0.15) is 22.0 Å². The molecule has 104 valence electrons. The Kier molecular flexibility index (Phi) is 4.95. The number of pyridine rings is 1. The summed E-state index contributed by atoms with van der Waals surface area (Å²) in [5, 5.41) is 13.5. The second kappa shape index (κ2) is 6.70. The van der Waals surface area contributed by atoms with E-state index in [0.717, 1.165) is 0 Å². The molecule has 0 aliphatic carbocycles. The van der Waals surface area contributed by atoms with Gasteiger partial charge < -0.3 is 10.4 Å². The fourth-order valence-electron chi connectivity index (χ4n) is 1.60. The van der Waals surface area contributed by atoms with Crippen molar-refractivity contribution in [3.8, 4) is 0 Å². The summed E-state index contributed by atoms with van der Waals surface area (Å²) >= 11 is 11.4. The summed E-state index contributed by atoms with van der Waals surface area (Å²) in [6.07, 6.45) is 0.586. The van der Waals surface area contributed by atoms with Gasteiger partial charge in [0.25, 0.3) is 5.91 Å². The normalized spacial score (nSPS) is 11.9. The zero-order valence-corrected chi connectivity index (χ0v) is 11.9. The van der Waals surface area contributed by atoms with Gasteiger partial charge in [0.2, 0.25) is 0 Å². The Hall–Kier alpha value is -1.62. The van der Waals surface area contributed by atoms with Gasteiger partial charge in [0.15, 0.2) is 0 Å². The summed E-state index contributed by atoms with van der Waals surface area (Å²) in [4.78, 5) is 15.6. The van der Waals surface area contributed by atoms with Gasteiger partial charge in [0.1, 0.15) is 5.15 Å². The molecule has 2 rings (SSSR count). The molecule has 6 heteroatoms. The fraction of sp³-hybridized carbons (Fsp3) is 0.143. The third kappa shape index (κ3) is 3.93. The van der Waals surface area contributed by atoms with Crippen LogP contribution in [0.25, 0.3) is 0 Å². The molecule has 0 radical (unpaired) electrons. The minimum atomic E-state index is -0.795. The number of hydrogen-bond donors (Lipinski definition) is 2. The number of aliphatic hydroxyl groups excluding tert-OH is 1. The summed E-state index contributed by atoms with van der Waals surface area (Å²) in [6, 6.07) is 9.90. The predicted octanol–water partition coefficient (Wildman–Crippen LogP) is 2.85. The number of amides is 1. The highest BCUT2D eigenvalue weighted by atomic mass is 35.5. The van der Waals surface area contributed by atoms with Crippen molar-refractivity contribution < 1.29 is 9.90 Å². The first-order chi connectivity index (χ1) is 9.56. The van der Waals surface area contributed by atoms with E-state index >= 15 is 0 Å². The maximum absolute atomic E-state index is 11.8. The molecule has 1 aromatic heterocycles. The zero-order valence-electron chi connectivity index (χ0n) is 10.4. The second-order valence-electron chi connectivity index (χ2n) is 4.15. The predicted molar refractivity (Wildman–Crippen MR) is 78.0 cm³/mol. The quantitative estimate of drug-likeness (QED) is 0.854. The standard InChI is InChI=1S/C14H12Cl2N2O2/c15-11-4-1-9(2-5-11)12(19)8-18-14(20)10-3-6-13(16)17-7-10/h1-7,12,19H,8H2,(H,18,20). The summed E-state index contributed by atoms with van der Waals surface area (Å²) in [6.45, 7) is 0.100. The second-order valence-corrected chi connectivity index (χ2v) is 4.97. The van der Waals surface area contributed by atoms with E-state index in [1.54, 1.807) is 30.3 Å². The molecule has 1 heterocycles. The Bertz CT molecular complexity index is 585. The minimum absolute atomic E-state index is 0.100. The van der Waals surface area contributed by atoms with Gasteiger partial charge in [-0.25, -0.2) is 4.98 Å². The van der Waals surface area contributed by atoms with E-state index < -0.39 is 6.10 Å². The number of nitrogens with one attached hydrogen (secondary N) is 1. The van der Waals surface area contributed by atoms with Crippen LogP contribution in [0.2, 0.25) is 10.2 Å².